The third kappa shape index (κ3) is 3.28. The van der Waals surface area contributed by atoms with Gasteiger partial charge in [0.05, 0.1) is 0 Å². The molecule has 3 rings (SSSR count). The van der Waals surface area contributed by atoms with Crippen LogP contribution in [0.2, 0.25) is 0 Å². The Hall–Kier alpha value is -2.36. The second kappa shape index (κ2) is 7.03. The summed E-state index contributed by atoms with van der Waals surface area (Å²) in [5.41, 5.74) is 1.21. The topological polar surface area (TPSA) is 48.3 Å². The number of fused-ring (bicyclic) bond motifs is 1. The number of hydrogen-bond donors (Lipinski definition) is 0. The summed E-state index contributed by atoms with van der Waals surface area (Å²) in [5.74, 6) is -0.443. The Bertz CT molecular complexity index is 900. The number of ether oxygens (including phenoxy) is 1. The molecule has 5 heteroatoms. The van der Waals surface area contributed by atoms with E-state index in [1.54, 1.807) is 23.6 Å². The van der Waals surface area contributed by atoms with Crippen LogP contribution >= 0.6 is 0 Å². The zero-order valence-corrected chi connectivity index (χ0v) is 15.2. The first-order valence-corrected chi connectivity index (χ1v) is 9.37. The van der Waals surface area contributed by atoms with Crippen molar-refractivity contribution in [3.8, 4) is 0 Å². The van der Waals surface area contributed by atoms with Crippen LogP contribution in [0.3, 0.4) is 0 Å². The zero-order valence-electron chi connectivity index (χ0n) is 13.5. The third-order valence-electron chi connectivity index (χ3n) is 3.59. The molecule has 24 heavy (non-hydrogen) atoms. The SMILES string of the molecule is CCOC(=O)c1ccc2c([Se]c3ccccc3)cn(C(C)=O)c2c1. The average molecular weight is 386 g/mol. The van der Waals surface area contributed by atoms with Crippen LogP contribution in [0.4, 0.5) is 0 Å². The second-order valence-corrected chi connectivity index (χ2v) is 7.59. The van der Waals surface area contributed by atoms with Crippen molar-refractivity contribution in [2.45, 2.75) is 13.8 Å². The van der Waals surface area contributed by atoms with Crippen LogP contribution in [-0.2, 0) is 4.74 Å². The fraction of sp³-hybridized carbons (Fsp3) is 0.158. The minimum atomic E-state index is -0.370. The van der Waals surface area contributed by atoms with E-state index in [0.29, 0.717) is 12.2 Å². The third-order valence-corrected chi connectivity index (χ3v) is 5.80. The van der Waals surface area contributed by atoms with Gasteiger partial charge in [0.15, 0.2) is 0 Å². The Kier molecular flexibility index (Phi) is 4.84. The summed E-state index contributed by atoms with van der Waals surface area (Å²) in [6, 6.07) is 15.6. The second-order valence-electron chi connectivity index (χ2n) is 5.25. The summed E-state index contributed by atoms with van der Waals surface area (Å²) in [6.07, 6.45) is 1.88. The summed E-state index contributed by atoms with van der Waals surface area (Å²) in [6.45, 7) is 3.62. The number of nitrogens with zero attached hydrogens (tertiary/aromatic N) is 1. The number of aromatic nitrogens is 1. The quantitative estimate of drug-likeness (QED) is 0.510. The molecular weight excluding hydrogens is 369 g/mol. The standard InChI is InChI=1S/C19H17NO3Se/c1-3-23-19(22)14-9-10-16-17(11-14)20(13(2)21)12-18(16)24-15-7-5-4-6-8-15/h4-12H,3H2,1-2H3. The van der Waals surface area contributed by atoms with Crippen LogP contribution < -0.4 is 8.92 Å². The van der Waals surface area contributed by atoms with Gasteiger partial charge in [-0.05, 0) is 0 Å². The van der Waals surface area contributed by atoms with Gasteiger partial charge in [0.1, 0.15) is 0 Å². The van der Waals surface area contributed by atoms with Crippen molar-refractivity contribution in [1.82, 2.24) is 4.57 Å². The van der Waals surface area contributed by atoms with E-state index < -0.39 is 0 Å². The summed E-state index contributed by atoms with van der Waals surface area (Å²) >= 11 is 0.0889. The maximum absolute atomic E-state index is 12.0. The van der Waals surface area contributed by atoms with Crippen LogP contribution in [0.5, 0.6) is 0 Å². The van der Waals surface area contributed by atoms with Gasteiger partial charge in [-0.1, -0.05) is 0 Å². The van der Waals surface area contributed by atoms with E-state index in [2.05, 4.69) is 12.1 Å². The molecule has 0 bridgehead atoms. The molecule has 1 heterocycles. The van der Waals surface area contributed by atoms with Gasteiger partial charge in [0.2, 0.25) is 0 Å². The van der Waals surface area contributed by atoms with E-state index in [1.165, 1.54) is 11.4 Å². The van der Waals surface area contributed by atoms with E-state index in [1.807, 2.05) is 30.5 Å². The molecule has 3 aromatic rings. The number of rotatable bonds is 4. The number of esters is 1. The fourth-order valence-electron chi connectivity index (χ4n) is 2.49. The van der Waals surface area contributed by atoms with E-state index in [9.17, 15) is 9.59 Å². The van der Waals surface area contributed by atoms with Crippen LogP contribution in [0, 0.1) is 0 Å². The van der Waals surface area contributed by atoms with Crippen molar-refractivity contribution in [3.63, 3.8) is 0 Å². The summed E-state index contributed by atoms with van der Waals surface area (Å²) in [4.78, 5) is 23.9. The maximum atomic E-state index is 12.0. The average Bonchev–Trinajstić information content (AvgIpc) is 2.94. The van der Waals surface area contributed by atoms with Crippen LogP contribution in [0.25, 0.3) is 10.9 Å². The molecule has 0 radical (unpaired) electrons. The molecule has 1 aromatic heterocycles. The molecule has 0 fully saturated rings. The number of hydrogen-bond acceptors (Lipinski definition) is 3. The van der Waals surface area contributed by atoms with E-state index in [0.717, 1.165) is 15.4 Å². The van der Waals surface area contributed by atoms with Gasteiger partial charge in [-0.2, -0.15) is 0 Å². The molecular formula is C19H17NO3Se. The Labute approximate surface area is 146 Å². The molecule has 0 amide bonds. The van der Waals surface area contributed by atoms with Crippen molar-refractivity contribution in [1.29, 1.82) is 0 Å². The first-order valence-electron chi connectivity index (χ1n) is 7.66. The van der Waals surface area contributed by atoms with Gasteiger partial charge in [0.25, 0.3) is 0 Å². The molecule has 122 valence electrons. The van der Waals surface area contributed by atoms with Crippen LogP contribution in [0.1, 0.15) is 29.0 Å². The summed E-state index contributed by atoms with van der Waals surface area (Å²) < 4.78 is 9.02. The molecule has 0 aliphatic rings. The minimum absolute atomic E-state index is 0.0730. The molecule has 0 aliphatic carbocycles. The Morgan fingerprint density at radius 3 is 2.54 bits per heavy atom. The molecule has 0 spiro atoms. The molecule has 0 saturated heterocycles. The van der Waals surface area contributed by atoms with E-state index in [-0.39, 0.29) is 26.8 Å². The van der Waals surface area contributed by atoms with Gasteiger partial charge >= 0.3 is 146 Å². The van der Waals surface area contributed by atoms with E-state index in [4.69, 9.17) is 4.74 Å². The van der Waals surface area contributed by atoms with Gasteiger partial charge in [-0.25, -0.2) is 0 Å². The molecule has 0 aliphatic heterocycles. The Morgan fingerprint density at radius 1 is 1.12 bits per heavy atom. The Morgan fingerprint density at radius 2 is 1.88 bits per heavy atom. The molecule has 4 nitrogen and oxygen atoms in total. The Balaban J connectivity index is 2.08. The molecule has 0 atom stereocenters. The monoisotopic (exact) mass is 387 g/mol. The number of benzene rings is 2. The predicted molar refractivity (Wildman–Crippen MR) is 95.7 cm³/mol. The van der Waals surface area contributed by atoms with Crippen LogP contribution in [-0.4, -0.2) is 38.0 Å². The predicted octanol–water partition coefficient (Wildman–Crippen LogP) is 2.13. The number of carbonyl (C=O) groups excluding carboxylic acids is 2. The van der Waals surface area contributed by atoms with Crippen molar-refractivity contribution >= 4 is 46.7 Å². The van der Waals surface area contributed by atoms with E-state index >= 15 is 0 Å². The molecule has 0 N–H and O–H groups in total. The number of carbonyl (C=O) groups is 2. The van der Waals surface area contributed by atoms with Gasteiger partial charge in [-0.15, -0.1) is 0 Å². The van der Waals surface area contributed by atoms with Crippen molar-refractivity contribution in [2.24, 2.45) is 0 Å². The van der Waals surface area contributed by atoms with Gasteiger partial charge in [0, 0.05) is 0 Å². The first-order chi connectivity index (χ1) is 11.6. The van der Waals surface area contributed by atoms with Gasteiger partial charge in [-0.3, -0.25) is 0 Å². The van der Waals surface area contributed by atoms with Crippen molar-refractivity contribution in [3.05, 3.63) is 60.3 Å². The summed E-state index contributed by atoms with van der Waals surface area (Å²) in [5, 5.41) is 1.00. The zero-order chi connectivity index (χ0) is 17.1. The van der Waals surface area contributed by atoms with Crippen LogP contribution in [0.15, 0.2) is 54.7 Å². The van der Waals surface area contributed by atoms with Crippen molar-refractivity contribution in [2.75, 3.05) is 6.61 Å². The summed E-state index contributed by atoms with van der Waals surface area (Å²) in [7, 11) is 0. The molecule has 2 aromatic carbocycles. The fourth-order valence-corrected chi connectivity index (χ4v) is 4.57. The first kappa shape index (κ1) is 16.5. The van der Waals surface area contributed by atoms with Gasteiger partial charge < -0.3 is 0 Å². The molecule has 0 saturated carbocycles. The van der Waals surface area contributed by atoms with Crippen molar-refractivity contribution < 1.29 is 14.3 Å². The molecule has 0 unspecified atom stereocenters. The normalized spacial score (nSPS) is 10.8.